The maximum Gasteiger partial charge on any atom is 0.252 e. The highest BCUT2D eigenvalue weighted by molar-refractivity contribution is 7.00. The van der Waals surface area contributed by atoms with Crippen molar-refractivity contribution >= 4 is 121 Å². The smallest absolute Gasteiger partial charge is 0.252 e. The molecule has 0 spiro atoms. The van der Waals surface area contributed by atoms with Gasteiger partial charge in [0.2, 0.25) is 0 Å². The van der Waals surface area contributed by atoms with Gasteiger partial charge in [0.1, 0.15) is 0 Å². The van der Waals surface area contributed by atoms with E-state index >= 15 is 0 Å². The van der Waals surface area contributed by atoms with Crippen LogP contribution in [0, 0.1) is 0 Å². The maximum absolute atomic E-state index is 4.81. The van der Waals surface area contributed by atoms with Crippen LogP contribution in [0.4, 0.5) is 0 Å². The second-order valence-electron chi connectivity index (χ2n) is 16.6. The molecule has 2 aliphatic heterocycles. The zero-order chi connectivity index (χ0) is 38.1. The van der Waals surface area contributed by atoms with Gasteiger partial charge in [-0.3, -0.25) is 4.98 Å². The molecule has 5 heterocycles. The molecular formula is C55H30BN3. The predicted molar refractivity (Wildman–Crippen MR) is 251 cm³/mol. The first-order chi connectivity index (χ1) is 29.3. The summed E-state index contributed by atoms with van der Waals surface area (Å²) in [5.41, 5.74) is 15.1. The lowest BCUT2D eigenvalue weighted by molar-refractivity contribution is 1.15. The van der Waals surface area contributed by atoms with Gasteiger partial charge in [-0.2, -0.15) is 0 Å². The third-order valence-electron chi connectivity index (χ3n) is 13.8. The highest BCUT2D eigenvalue weighted by Gasteiger charge is 2.42. The summed E-state index contributed by atoms with van der Waals surface area (Å²) >= 11 is 0. The van der Waals surface area contributed by atoms with E-state index in [-0.39, 0.29) is 6.71 Å². The third-order valence-corrected chi connectivity index (χ3v) is 13.8. The highest BCUT2D eigenvalue weighted by atomic mass is 15.0. The van der Waals surface area contributed by atoms with Gasteiger partial charge >= 0.3 is 0 Å². The van der Waals surface area contributed by atoms with Crippen LogP contribution in [0.1, 0.15) is 0 Å². The minimum Gasteiger partial charge on any atom is -0.310 e. The summed E-state index contributed by atoms with van der Waals surface area (Å²) in [6.07, 6.45) is 1.90. The Labute approximate surface area is 338 Å². The molecule has 0 saturated carbocycles. The van der Waals surface area contributed by atoms with E-state index in [1.54, 1.807) is 0 Å². The molecule has 3 aromatic heterocycles. The Bertz CT molecular complexity index is 3870. The number of rotatable bonds is 1. The monoisotopic (exact) mass is 743 g/mol. The fraction of sp³-hybridized carbons (Fsp3) is 0. The van der Waals surface area contributed by atoms with Gasteiger partial charge in [-0.15, -0.1) is 0 Å². The number of aromatic nitrogens is 3. The Balaban J connectivity index is 1.23. The predicted octanol–water partition coefficient (Wildman–Crippen LogP) is 11.9. The molecule has 0 fully saturated rings. The summed E-state index contributed by atoms with van der Waals surface area (Å²) in [6.45, 7) is 0.00796. The van der Waals surface area contributed by atoms with Gasteiger partial charge in [-0.25, -0.2) is 0 Å². The van der Waals surface area contributed by atoms with E-state index in [9.17, 15) is 0 Å². The fourth-order valence-corrected chi connectivity index (χ4v) is 11.6. The molecule has 0 radical (unpaired) electrons. The summed E-state index contributed by atoms with van der Waals surface area (Å²) in [5.74, 6) is 0. The molecule has 13 aromatic rings. The Morgan fingerprint density at radius 1 is 0.390 bits per heavy atom. The Kier molecular flexibility index (Phi) is 5.48. The Hall–Kier alpha value is -7.69. The number of pyridine rings is 1. The van der Waals surface area contributed by atoms with Crippen molar-refractivity contribution in [2.75, 3.05) is 0 Å². The van der Waals surface area contributed by atoms with Crippen molar-refractivity contribution in [1.29, 1.82) is 0 Å². The molecule has 0 saturated heterocycles. The van der Waals surface area contributed by atoms with E-state index in [2.05, 4.69) is 185 Å². The first-order valence-corrected chi connectivity index (χ1v) is 20.6. The van der Waals surface area contributed by atoms with E-state index in [0.717, 1.165) is 10.9 Å². The SMILES string of the molecule is c1ccc2c(c1)ccc1c2c2c3ccccc3cc3c2n1-c1cc(-c2cccc4ncccc24)cc2c1B3c1cc3ccccc3c3c4c5ccccc5ccc4n-2c13. The van der Waals surface area contributed by atoms with Crippen LogP contribution in [0.2, 0.25) is 0 Å². The van der Waals surface area contributed by atoms with Crippen LogP contribution in [0.5, 0.6) is 0 Å². The Morgan fingerprint density at radius 3 is 1.44 bits per heavy atom. The maximum atomic E-state index is 4.81. The van der Waals surface area contributed by atoms with Crippen molar-refractivity contribution in [3.8, 4) is 22.5 Å². The molecule has 0 N–H and O–H groups in total. The van der Waals surface area contributed by atoms with Gasteiger partial charge < -0.3 is 9.13 Å². The van der Waals surface area contributed by atoms with Crippen LogP contribution in [-0.4, -0.2) is 20.8 Å². The second-order valence-corrected chi connectivity index (χ2v) is 16.6. The fourth-order valence-electron chi connectivity index (χ4n) is 11.6. The third kappa shape index (κ3) is 3.65. The normalized spacial score (nSPS) is 13.1. The van der Waals surface area contributed by atoms with Crippen LogP contribution < -0.4 is 16.4 Å². The van der Waals surface area contributed by atoms with E-state index in [1.807, 2.05) is 6.20 Å². The molecule has 0 bridgehead atoms. The van der Waals surface area contributed by atoms with Gasteiger partial charge in [0.05, 0.1) is 27.6 Å². The van der Waals surface area contributed by atoms with Crippen LogP contribution in [0.3, 0.4) is 0 Å². The van der Waals surface area contributed by atoms with Crippen molar-refractivity contribution < 1.29 is 0 Å². The van der Waals surface area contributed by atoms with Gasteiger partial charge in [0.25, 0.3) is 6.71 Å². The first kappa shape index (κ1) is 30.5. The molecule has 0 aliphatic carbocycles. The minimum atomic E-state index is 0.00796. The van der Waals surface area contributed by atoms with Crippen molar-refractivity contribution in [2.24, 2.45) is 0 Å². The average Bonchev–Trinajstić information content (AvgIpc) is 3.84. The minimum absolute atomic E-state index is 0.00796. The summed E-state index contributed by atoms with van der Waals surface area (Å²) < 4.78 is 5.26. The van der Waals surface area contributed by atoms with Crippen molar-refractivity contribution in [2.45, 2.75) is 0 Å². The molecule has 0 atom stereocenters. The Morgan fingerprint density at radius 2 is 0.881 bits per heavy atom. The molecule has 0 unspecified atom stereocenters. The molecule has 268 valence electrons. The number of fused-ring (bicyclic) bond motifs is 19. The van der Waals surface area contributed by atoms with Crippen LogP contribution >= 0.6 is 0 Å². The largest absolute Gasteiger partial charge is 0.310 e. The number of nitrogens with zero attached hydrogens (tertiary/aromatic N) is 3. The number of hydrogen-bond acceptors (Lipinski definition) is 1. The van der Waals surface area contributed by atoms with E-state index in [1.165, 1.54) is 126 Å². The van der Waals surface area contributed by atoms with Crippen molar-refractivity contribution in [3.63, 3.8) is 0 Å². The van der Waals surface area contributed by atoms with E-state index in [4.69, 9.17) is 4.98 Å². The molecule has 59 heavy (non-hydrogen) atoms. The zero-order valence-corrected chi connectivity index (χ0v) is 31.7. The summed E-state index contributed by atoms with van der Waals surface area (Å²) in [7, 11) is 0. The number of hydrogen-bond donors (Lipinski definition) is 0. The number of benzene rings is 10. The molecular weight excluding hydrogens is 713 g/mol. The first-order valence-electron chi connectivity index (χ1n) is 20.6. The topological polar surface area (TPSA) is 22.8 Å². The van der Waals surface area contributed by atoms with Gasteiger partial charge in [0, 0.05) is 44.5 Å². The van der Waals surface area contributed by atoms with E-state index < -0.39 is 0 Å². The lowest BCUT2D eigenvalue weighted by Gasteiger charge is -2.34. The summed E-state index contributed by atoms with van der Waals surface area (Å²) in [4.78, 5) is 4.81. The van der Waals surface area contributed by atoms with Gasteiger partial charge in [-0.05, 0) is 107 Å². The van der Waals surface area contributed by atoms with Crippen molar-refractivity contribution in [1.82, 2.24) is 14.1 Å². The van der Waals surface area contributed by atoms with E-state index in [0.29, 0.717) is 0 Å². The molecule has 4 heteroatoms. The van der Waals surface area contributed by atoms with Crippen LogP contribution in [0.15, 0.2) is 182 Å². The molecule has 3 nitrogen and oxygen atoms in total. The zero-order valence-electron chi connectivity index (χ0n) is 31.7. The quantitative estimate of drug-likeness (QED) is 0.154. The standard InChI is InChI=1S/C55H30BN3/c1-5-15-37-31(11-1)22-24-45-49(37)51-39-17-7-3-13-33(39)27-42-54(51)58(45)47-29-35(36-19-9-21-44-41(36)20-10-26-57-44)30-48-53(47)56(42)43-28-34-14-4-8-18-40(34)52-50-38-16-6-2-12-32(38)23-25-46(50)59(48)55(43)52/h1-30H. The lowest BCUT2D eigenvalue weighted by Crippen LogP contribution is -2.59. The second kappa shape index (κ2) is 10.6. The molecule has 10 aromatic carbocycles. The average molecular weight is 744 g/mol. The summed E-state index contributed by atoms with van der Waals surface area (Å²) in [5, 5.41) is 16.7. The van der Waals surface area contributed by atoms with Crippen molar-refractivity contribution in [3.05, 3.63) is 182 Å². The molecule has 0 amide bonds. The molecule has 15 rings (SSSR count). The van der Waals surface area contributed by atoms with Crippen LogP contribution in [-0.2, 0) is 0 Å². The molecule has 2 aliphatic rings. The lowest BCUT2D eigenvalue weighted by atomic mass is 9.34. The van der Waals surface area contributed by atoms with Gasteiger partial charge in [-0.1, -0.05) is 140 Å². The highest BCUT2D eigenvalue weighted by Crippen LogP contribution is 2.46. The van der Waals surface area contributed by atoms with Gasteiger partial charge in [0.15, 0.2) is 0 Å². The van der Waals surface area contributed by atoms with Crippen LogP contribution in [0.25, 0.3) is 120 Å². The summed E-state index contributed by atoms with van der Waals surface area (Å²) in [6, 6.07) is 66.2.